The molecule has 30 heavy (non-hydrogen) atoms. The lowest BCUT2D eigenvalue weighted by Gasteiger charge is -2.40. The minimum absolute atomic E-state index is 0. The second-order valence-corrected chi connectivity index (χ2v) is 8.63. The topological polar surface area (TPSA) is 40.1 Å². The number of ether oxygens (including phenoxy) is 1. The standard InChI is InChI=1S/C24H40N4O.HI/c1-4-21-19-28(15-12-23(21)22-8-6-5-7-9-22)24(25-2)26-18-20-10-13-27(14-11-20)16-17-29-3;/h5-9,20-21,23H,4,10-19H2,1-3H3,(H,25,26);1H. The summed E-state index contributed by atoms with van der Waals surface area (Å²) < 4.78 is 5.21. The van der Waals surface area contributed by atoms with Gasteiger partial charge in [-0.05, 0) is 55.7 Å². The summed E-state index contributed by atoms with van der Waals surface area (Å²) in [4.78, 5) is 9.63. The van der Waals surface area contributed by atoms with Gasteiger partial charge in [-0.15, -0.1) is 24.0 Å². The SMILES string of the molecule is CCC1CN(C(=NC)NCC2CCN(CCOC)CC2)CCC1c1ccccc1.I. The van der Waals surface area contributed by atoms with Crippen LogP contribution >= 0.6 is 24.0 Å². The number of benzene rings is 1. The Bertz CT molecular complexity index is 619. The minimum atomic E-state index is 0. The summed E-state index contributed by atoms with van der Waals surface area (Å²) in [5, 5.41) is 3.70. The van der Waals surface area contributed by atoms with Gasteiger partial charge in [0.2, 0.25) is 0 Å². The van der Waals surface area contributed by atoms with Gasteiger partial charge in [0.25, 0.3) is 0 Å². The van der Waals surface area contributed by atoms with Gasteiger partial charge in [-0.3, -0.25) is 4.99 Å². The number of hydrogen-bond donors (Lipinski definition) is 1. The quantitative estimate of drug-likeness (QED) is 0.330. The molecule has 1 aromatic carbocycles. The lowest BCUT2D eigenvalue weighted by molar-refractivity contribution is 0.120. The van der Waals surface area contributed by atoms with Crippen molar-refractivity contribution in [2.45, 2.75) is 38.5 Å². The van der Waals surface area contributed by atoms with E-state index in [1.807, 2.05) is 7.05 Å². The predicted octanol–water partition coefficient (Wildman–Crippen LogP) is 4.05. The summed E-state index contributed by atoms with van der Waals surface area (Å²) in [5.74, 6) is 3.20. The van der Waals surface area contributed by atoms with Crippen LogP contribution in [-0.4, -0.2) is 75.8 Å². The number of aliphatic imine (C=N–C) groups is 1. The fourth-order valence-electron chi connectivity index (χ4n) is 4.98. The smallest absolute Gasteiger partial charge is 0.193 e. The van der Waals surface area contributed by atoms with E-state index in [-0.39, 0.29) is 24.0 Å². The zero-order chi connectivity index (χ0) is 20.5. The average molecular weight is 529 g/mol. The molecule has 2 aliphatic heterocycles. The Balaban J connectivity index is 0.00000320. The number of piperidine rings is 2. The van der Waals surface area contributed by atoms with Gasteiger partial charge in [0.15, 0.2) is 5.96 Å². The summed E-state index contributed by atoms with van der Waals surface area (Å²) in [7, 11) is 3.72. The first kappa shape index (κ1) is 25.4. The minimum Gasteiger partial charge on any atom is -0.383 e. The molecule has 5 nitrogen and oxygen atoms in total. The maximum Gasteiger partial charge on any atom is 0.193 e. The molecule has 2 fully saturated rings. The Kier molecular flexibility index (Phi) is 11.5. The Labute approximate surface area is 200 Å². The number of guanidine groups is 1. The molecule has 2 atom stereocenters. The number of halogens is 1. The van der Waals surface area contributed by atoms with Crippen LogP contribution in [0.1, 0.15) is 44.1 Å². The number of hydrogen-bond acceptors (Lipinski definition) is 3. The molecule has 3 rings (SSSR count). The number of nitrogens with zero attached hydrogens (tertiary/aromatic N) is 3. The van der Waals surface area contributed by atoms with Crippen molar-refractivity contribution in [3.63, 3.8) is 0 Å². The summed E-state index contributed by atoms with van der Waals surface area (Å²) >= 11 is 0. The van der Waals surface area contributed by atoms with E-state index in [9.17, 15) is 0 Å². The van der Waals surface area contributed by atoms with Crippen molar-refractivity contribution >= 4 is 29.9 Å². The van der Waals surface area contributed by atoms with E-state index in [4.69, 9.17) is 4.74 Å². The van der Waals surface area contributed by atoms with Gasteiger partial charge in [0.1, 0.15) is 0 Å². The molecule has 170 valence electrons. The predicted molar refractivity (Wildman–Crippen MR) is 137 cm³/mol. The molecular formula is C24H41IN4O. The van der Waals surface area contributed by atoms with Crippen LogP contribution in [0.5, 0.6) is 0 Å². The summed E-state index contributed by atoms with van der Waals surface area (Å²) in [6.07, 6.45) is 4.96. The van der Waals surface area contributed by atoms with Crippen molar-refractivity contribution in [2.24, 2.45) is 16.8 Å². The molecule has 0 aliphatic carbocycles. The van der Waals surface area contributed by atoms with Crippen LogP contribution in [0.2, 0.25) is 0 Å². The van der Waals surface area contributed by atoms with E-state index in [0.717, 1.165) is 44.7 Å². The van der Waals surface area contributed by atoms with E-state index >= 15 is 0 Å². The monoisotopic (exact) mass is 528 g/mol. The third-order valence-corrected chi connectivity index (χ3v) is 6.87. The first-order chi connectivity index (χ1) is 14.2. The molecule has 2 saturated heterocycles. The Morgan fingerprint density at radius 1 is 1.13 bits per heavy atom. The van der Waals surface area contributed by atoms with Crippen LogP contribution in [0, 0.1) is 11.8 Å². The van der Waals surface area contributed by atoms with Crippen LogP contribution in [0.15, 0.2) is 35.3 Å². The van der Waals surface area contributed by atoms with Gasteiger partial charge in [0.05, 0.1) is 6.61 Å². The zero-order valence-corrected chi connectivity index (χ0v) is 21.4. The zero-order valence-electron chi connectivity index (χ0n) is 19.1. The summed E-state index contributed by atoms with van der Waals surface area (Å²) in [5.41, 5.74) is 1.50. The molecule has 0 amide bonds. The normalized spacial score (nSPS) is 23.8. The molecule has 6 heteroatoms. The maximum atomic E-state index is 5.21. The molecule has 0 aromatic heterocycles. The lowest BCUT2D eigenvalue weighted by atomic mass is 9.79. The Hall–Kier alpha value is -0.860. The van der Waals surface area contributed by atoms with Gasteiger partial charge in [-0.1, -0.05) is 43.7 Å². The van der Waals surface area contributed by atoms with E-state index < -0.39 is 0 Å². The van der Waals surface area contributed by atoms with Gasteiger partial charge in [-0.25, -0.2) is 0 Å². The highest BCUT2D eigenvalue weighted by Crippen LogP contribution is 2.34. The van der Waals surface area contributed by atoms with Crippen molar-refractivity contribution in [2.75, 3.05) is 60.0 Å². The first-order valence-electron chi connectivity index (χ1n) is 11.5. The van der Waals surface area contributed by atoms with Gasteiger partial charge in [-0.2, -0.15) is 0 Å². The highest BCUT2D eigenvalue weighted by Gasteiger charge is 2.30. The second-order valence-electron chi connectivity index (χ2n) is 8.63. The summed E-state index contributed by atoms with van der Waals surface area (Å²) in [6, 6.07) is 11.1. The van der Waals surface area contributed by atoms with Crippen molar-refractivity contribution in [1.29, 1.82) is 0 Å². The summed E-state index contributed by atoms with van der Waals surface area (Å²) in [6.45, 7) is 9.85. The van der Waals surface area contributed by atoms with E-state index in [0.29, 0.717) is 11.8 Å². The number of likely N-dealkylation sites (tertiary alicyclic amines) is 2. The van der Waals surface area contributed by atoms with Gasteiger partial charge < -0.3 is 19.9 Å². The third-order valence-electron chi connectivity index (χ3n) is 6.87. The van der Waals surface area contributed by atoms with Crippen molar-refractivity contribution in [3.05, 3.63) is 35.9 Å². The second kappa shape index (κ2) is 13.5. The van der Waals surface area contributed by atoms with Gasteiger partial charge >= 0.3 is 0 Å². The average Bonchev–Trinajstić information content (AvgIpc) is 2.79. The van der Waals surface area contributed by atoms with Gasteiger partial charge in [0, 0.05) is 40.3 Å². The van der Waals surface area contributed by atoms with Crippen molar-refractivity contribution in [1.82, 2.24) is 15.1 Å². The van der Waals surface area contributed by atoms with Crippen molar-refractivity contribution in [3.8, 4) is 0 Å². The molecule has 0 saturated carbocycles. The molecule has 2 unspecified atom stereocenters. The van der Waals surface area contributed by atoms with Crippen LogP contribution < -0.4 is 5.32 Å². The Morgan fingerprint density at radius 3 is 2.50 bits per heavy atom. The number of methoxy groups -OCH3 is 1. The van der Waals surface area contributed by atoms with Crippen molar-refractivity contribution < 1.29 is 4.74 Å². The molecule has 1 N–H and O–H groups in total. The largest absolute Gasteiger partial charge is 0.383 e. The van der Waals surface area contributed by atoms with E-state index in [1.165, 1.54) is 44.3 Å². The maximum absolute atomic E-state index is 5.21. The molecule has 0 radical (unpaired) electrons. The molecule has 0 bridgehead atoms. The first-order valence-corrected chi connectivity index (χ1v) is 11.5. The molecule has 1 aromatic rings. The van der Waals surface area contributed by atoms with E-state index in [1.54, 1.807) is 7.11 Å². The Morgan fingerprint density at radius 2 is 1.87 bits per heavy atom. The number of rotatable bonds is 7. The fourth-order valence-corrected chi connectivity index (χ4v) is 4.98. The highest BCUT2D eigenvalue weighted by molar-refractivity contribution is 14.0. The fraction of sp³-hybridized carbons (Fsp3) is 0.708. The molecular weight excluding hydrogens is 487 g/mol. The third kappa shape index (κ3) is 7.09. The molecule has 0 spiro atoms. The number of nitrogens with one attached hydrogen (secondary N) is 1. The van der Waals surface area contributed by atoms with Crippen LogP contribution in [-0.2, 0) is 4.74 Å². The van der Waals surface area contributed by atoms with Crippen LogP contribution in [0.3, 0.4) is 0 Å². The molecule has 2 aliphatic rings. The lowest BCUT2D eigenvalue weighted by Crippen LogP contribution is -2.50. The van der Waals surface area contributed by atoms with Crippen LogP contribution in [0.4, 0.5) is 0 Å². The van der Waals surface area contributed by atoms with Crippen LogP contribution in [0.25, 0.3) is 0 Å². The molecule has 2 heterocycles. The van der Waals surface area contributed by atoms with E-state index in [2.05, 4.69) is 57.4 Å². The highest BCUT2D eigenvalue weighted by atomic mass is 127.